The van der Waals surface area contributed by atoms with E-state index in [-0.39, 0.29) is 24.0 Å². The lowest BCUT2D eigenvalue weighted by Crippen LogP contribution is -2.35. The first-order valence-electron chi connectivity index (χ1n) is 6.49. The van der Waals surface area contributed by atoms with E-state index >= 15 is 0 Å². The van der Waals surface area contributed by atoms with Gasteiger partial charge in [0.15, 0.2) is 5.96 Å². The Balaban J connectivity index is 0.00000220. The zero-order valence-corrected chi connectivity index (χ0v) is 15.1. The molecule has 1 aromatic heterocycles. The van der Waals surface area contributed by atoms with Crippen LogP contribution in [0, 0.1) is 6.92 Å². The van der Waals surface area contributed by atoms with Crippen molar-refractivity contribution in [2.75, 3.05) is 21.1 Å². The van der Waals surface area contributed by atoms with E-state index in [4.69, 9.17) is 4.42 Å². The van der Waals surface area contributed by atoms with Crippen molar-refractivity contribution in [2.24, 2.45) is 4.99 Å². The Morgan fingerprint density at radius 3 is 2.52 bits per heavy atom. The van der Waals surface area contributed by atoms with Crippen LogP contribution in [0.3, 0.4) is 0 Å². The van der Waals surface area contributed by atoms with Crippen LogP contribution in [-0.2, 0) is 6.54 Å². The monoisotopic (exact) mass is 400 g/mol. The molecule has 0 bridgehead atoms. The van der Waals surface area contributed by atoms with Crippen LogP contribution in [0.15, 0.2) is 39.9 Å². The molecule has 0 amide bonds. The third kappa shape index (κ3) is 4.73. The fourth-order valence-corrected chi connectivity index (χ4v) is 1.82. The number of benzene rings is 1. The highest BCUT2D eigenvalue weighted by atomic mass is 127. The maximum atomic E-state index is 5.51. The Kier molecular flexibility index (Phi) is 6.67. The molecule has 0 fully saturated rings. The largest absolute Gasteiger partial charge is 0.444 e. The molecule has 0 saturated carbocycles. The third-order valence-corrected chi connectivity index (χ3v) is 2.91. The first-order valence-corrected chi connectivity index (χ1v) is 6.49. The number of nitrogens with one attached hydrogen (secondary N) is 1. The summed E-state index contributed by atoms with van der Waals surface area (Å²) in [5.74, 6) is 1.45. The Labute approximate surface area is 142 Å². The third-order valence-electron chi connectivity index (χ3n) is 2.91. The molecule has 2 rings (SSSR count). The summed E-state index contributed by atoms with van der Waals surface area (Å²) in [7, 11) is 5.63. The maximum absolute atomic E-state index is 5.51. The summed E-state index contributed by atoms with van der Waals surface area (Å²) < 4.78 is 5.51. The molecule has 1 heterocycles. The normalized spacial score (nSPS) is 11.0. The van der Waals surface area contributed by atoms with Crippen LogP contribution in [0.4, 0.5) is 0 Å². The van der Waals surface area contributed by atoms with E-state index in [0.717, 1.165) is 17.2 Å². The zero-order valence-electron chi connectivity index (χ0n) is 12.8. The molecule has 0 saturated heterocycles. The van der Waals surface area contributed by atoms with Crippen molar-refractivity contribution in [2.45, 2.75) is 13.5 Å². The summed E-state index contributed by atoms with van der Waals surface area (Å²) in [5, 5.41) is 3.21. The molecule has 1 aromatic carbocycles. The minimum Gasteiger partial charge on any atom is -0.444 e. The fourth-order valence-electron chi connectivity index (χ4n) is 1.82. The molecule has 1 N–H and O–H groups in total. The molecular formula is C15H21IN4O. The first kappa shape index (κ1) is 17.5. The van der Waals surface area contributed by atoms with Crippen molar-refractivity contribution in [3.05, 3.63) is 41.8 Å². The van der Waals surface area contributed by atoms with Gasteiger partial charge in [0.05, 0.1) is 12.2 Å². The SMILES string of the molecule is CN=C(NCc1coc(-c2ccc(C)cc2)n1)N(C)C.I. The lowest BCUT2D eigenvalue weighted by atomic mass is 10.1. The molecule has 0 aliphatic carbocycles. The van der Waals surface area contributed by atoms with E-state index in [1.807, 2.05) is 43.3 Å². The summed E-state index contributed by atoms with van der Waals surface area (Å²) in [5.41, 5.74) is 3.05. The molecule has 0 spiro atoms. The van der Waals surface area contributed by atoms with Gasteiger partial charge < -0.3 is 14.6 Å². The highest BCUT2D eigenvalue weighted by Crippen LogP contribution is 2.18. The van der Waals surface area contributed by atoms with E-state index < -0.39 is 0 Å². The number of guanidine groups is 1. The number of aryl methyl sites for hydroxylation is 1. The van der Waals surface area contributed by atoms with Crippen LogP contribution in [0.5, 0.6) is 0 Å². The molecule has 5 nitrogen and oxygen atoms in total. The Morgan fingerprint density at radius 2 is 1.95 bits per heavy atom. The highest BCUT2D eigenvalue weighted by molar-refractivity contribution is 14.0. The molecule has 0 radical (unpaired) electrons. The molecule has 6 heteroatoms. The average molecular weight is 400 g/mol. The molecule has 0 aliphatic rings. The fraction of sp³-hybridized carbons (Fsp3) is 0.333. The van der Waals surface area contributed by atoms with Crippen LogP contribution < -0.4 is 5.32 Å². The van der Waals surface area contributed by atoms with Gasteiger partial charge in [-0.25, -0.2) is 4.98 Å². The second kappa shape index (κ2) is 8.02. The highest BCUT2D eigenvalue weighted by Gasteiger charge is 2.07. The Bertz CT molecular complexity index is 590. The predicted molar refractivity (Wildman–Crippen MR) is 96.0 cm³/mol. The second-order valence-corrected chi connectivity index (χ2v) is 4.81. The summed E-state index contributed by atoms with van der Waals surface area (Å²) >= 11 is 0. The van der Waals surface area contributed by atoms with Crippen molar-refractivity contribution >= 4 is 29.9 Å². The van der Waals surface area contributed by atoms with Crippen molar-refractivity contribution in [1.82, 2.24) is 15.2 Å². The van der Waals surface area contributed by atoms with E-state index in [2.05, 4.69) is 22.2 Å². The minimum absolute atomic E-state index is 0. The number of hydrogen-bond donors (Lipinski definition) is 1. The molecule has 21 heavy (non-hydrogen) atoms. The van der Waals surface area contributed by atoms with Gasteiger partial charge in [0, 0.05) is 26.7 Å². The number of aromatic nitrogens is 1. The van der Waals surface area contributed by atoms with Crippen LogP contribution in [0.25, 0.3) is 11.5 Å². The van der Waals surface area contributed by atoms with Crippen LogP contribution in [0.2, 0.25) is 0 Å². The van der Waals surface area contributed by atoms with Gasteiger partial charge >= 0.3 is 0 Å². The Morgan fingerprint density at radius 1 is 1.29 bits per heavy atom. The van der Waals surface area contributed by atoms with Crippen molar-refractivity contribution in [3.63, 3.8) is 0 Å². The number of oxazole rings is 1. The van der Waals surface area contributed by atoms with Crippen molar-refractivity contribution in [3.8, 4) is 11.5 Å². The lowest BCUT2D eigenvalue weighted by Gasteiger charge is -2.15. The topological polar surface area (TPSA) is 53.7 Å². The van der Waals surface area contributed by atoms with Gasteiger partial charge in [0.1, 0.15) is 6.26 Å². The van der Waals surface area contributed by atoms with Gasteiger partial charge in [0.25, 0.3) is 0 Å². The smallest absolute Gasteiger partial charge is 0.226 e. The van der Waals surface area contributed by atoms with Gasteiger partial charge in [-0.2, -0.15) is 0 Å². The zero-order chi connectivity index (χ0) is 14.5. The molecule has 0 aliphatic heterocycles. The number of aliphatic imine (C=N–C) groups is 1. The summed E-state index contributed by atoms with van der Waals surface area (Å²) in [6.07, 6.45) is 1.67. The summed E-state index contributed by atoms with van der Waals surface area (Å²) in [6, 6.07) is 8.12. The van der Waals surface area contributed by atoms with Gasteiger partial charge in [-0.15, -0.1) is 24.0 Å². The molecular weight excluding hydrogens is 379 g/mol. The predicted octanol–water partition coefficient (Wildman–Crippen LogP) is 2.91. The lowest BCUT2D eigenvalue weighted by molar-refractivity contribution is 0.567. The first-order chi connectivity index (χ1) is 9.60. The number of nitrogens with zero attached hydrogens (tertiary/aromatic N) is 3. The van der Waals surface area contributed by atoms with Crippen LogP contribution in [-0.4, -0.2) is 37.0 Å². The molecule has 2 aromatic rings. The van der Waals surface area contributed by atoms with E-state index in [0.29, 0.717) is 12.4 Å². The van der Waals surface area contributed by atoms with Gasteiger partial charge in [0.2, 0.25) is 5.89 Å². The van der Waals surface area contributed by atoms with Crippen LogP contribution in [0.1, 0.15) is 11.3 Å². The van der Waals surface area contributed by atoms with E-state index in [9.17, 15) is 0 Å². The van der Waals surface area contributed by atoms with E-state index in [1.165, 1.54) is 5.56 Å². The van der Waals surface area contributed by atoms with Crippen molar-refractivity contribution < 1.29 is 4.42 Å². The van der Waals surface area contributed by atoms with Crippen molar-refractivity contribution in [1.29, 1.82) is 0 Å². The standard InChI is InChI=1S/C15H20N4O.HI/c1-11-5-7-12(8-6-11)14-18-13(10-20-14)9-17-15(16-2)19(3)4;/h5-8,10H,9H2,1-4H3,(H,16,17);1H. The number of rotatable bonds is 3. The second-order valence-electron chi connectivity index (χ2n) is 4.81. The van der Waals surface area contributed by atoms with Gasteiger partial charge in [-0.05, 0) is 19.1 Å². The van der Waals surface area contributed by atoms with Gasteiger partial charge in [-0.1, -0.05) is 17.7 Å². The molecule has 0 unspecified atom stereocenters. The number of hydrogen-bond acceptors (Lipinski definition) is 3. The summed E-state index contributed by atoms with van der Waals surface area (Å²) in [6.45, 7) is 2.64. The minimum atomic E-state index is 0. The molecule has 0 atom stereocenters. The maximum Gasteiger partial charge on any atom is 0.226 e. The summed E-state index contributed by atoms with van der Waals surface area (Å²) in [4.78, 5) is 10.5. The molecule has 114 valence electrons. The van der Waals surface area contributed by atoms with E-state index in [1.54, 1.807) is 13.3 Å². The van der Waals surface area contributed by atoms with Gasteiger partial charge in [-0.3, -0.25) is 4.99 Å². The quantitative estimate of drug-likeness (QED) is 0.489. The van der Waals surface area contributed by atoms with Crippen LogP contribution >= 0.6 is 24.0 Å². The number of halogens is 1. The Hall–Kier alpha value is -1.57. The average Bonchev–Trinajstić information content (AvgIpc) is 2.89.